The van der Waals surface area contributed by atoms with E-state index in [0.717, 1.165) is 0 Å². The monoisotopic (exact) mass is 368 g/mol. The molecule has 0 aliphatic carbocycles. The van der Waals surface area contributed by atoms with Gasteiger partial charge in [-0.05, 0) is 37.1 Å². The summed E-state index contributed by atoms with van der Waals surface area (Å²) in [4.78, 5) is 20.5. The molecule has 0 aliphatic rings. The van der Waals surface area contributed by atoms with Crippen molar-refractivity contribution in [3.05, 3.63) is 65.7 Å². The summed E-state index contributed by atoms with van der Waals surface area (Å²) in [5.74, 6) is 0. The van der Waals surface area contributed by atoms with Crippen LogP contribution in [0.2, 0.25) is 10.0 Å². The fourth-order valence-corrected chi connectivity index (χ4v) is 2.37. The molecule has 0 aromatic heterocycles. The molecule has 0 unspecified atom stereocenters. The number of halogens is 2. The van der Waals surface area contributed by atoms with Crippen LogP contribution in [0, 0.1) is 34.1 Å². The van der Waals surface area contributed by atoms with Crippen molar-refractivity contribution >= 4 is 46.0 Å². The molecule has 0 heterocycles. The van der Waals surface area contributed by atoms with E-state index in [-0.39, 0.29) is 21.4 Å². The molecule has 124 valence electrons. The zero-order chi connectivity index (χ0) is 18.0. The molecule has 0 bridgehead atoms. The molecule has 10 heteroatoms. The number of nitro groups is 2. The molecule has 0 saturated carbocycles. The highest BCUT2D eigenvalue weighted by Gasteiger charge is 2.16. The first-order chi connectivity index (χ1) is 11.2. The van der Waals surface area contributed by atoms with Crippen LogP contribution in [0.25, 0.3) is 0 Å². The van der Waals surface area contributed by atoms with Crippen LogP contribution in [0.1, 0.15) is 11.1 Å². The van der Waals surface area contributed by atoms with Gasteiger partial charge in [0.2, 0.25) is 0 Å². The van der Waals surface area contributed by atoms with Gasteiger partial charge in [-0.25, -0.2) is 0 Å². The molecule has 2 rings (SSSR count). The maximum Gasteiger partial charge on any atom is 0.288 e. The standard InChI is InChI=1S/C14H10Cl2N4O4/c1-7-3-13(19(21)22)9(15)5-11(7)17-18-12-6-10(16)14(20(23)24)4-8(12)2/h3-6H,1-2H3. The Morgan fingerprint density at radius 1 is 0.792 bits per heavy atom. The van der Waals surface area contributed by atoms with Crippen molar-refractivity contribution in [1.29, 1.82) is 0 Å². The molecule has 0 N–H and O–H groups in total. The summed E-state index contributed by atoms with van der Waals surface area (Å²) in [7, 11) is 0. The Hall–Kier alpha value is -2.58. The number of hydrogen-bond acceptors (Lipinski definition) is 6. The number of rotatable bonds is 4. The Morgan fingerprint density at radius 2 is 1.12 bits per heavy atom. The lowest BCUT2D eigenvalue weighted by atomic mass is 10.2. The molecule has 0 atom stereocenters. The Morgan fingerprint density at radius 3 is 1.42 bits per heavy atom. The van der Waals surface area contributed by atoms with Gasteiger partial charge in [0.15, 0.2) is 0 Å². The summed E-state index contributed by atoms with van der Waals surface area (Å²) >= 11 is 11.7. The van der Waals surface area contributed by atoms with Gasteiger partial charge in [0.25, 0.3) is 11.4 Å². The average Bonchev–Trinajstić information content (AvgIpc) is 2.49. The van der Waals surface area contributed by atoms with E-state index in [1.807, 2.05) is 0 Å². The van der Waals surface area contributed by atoms with Gasteiger partial charge in [0.05, 0.1) is 21.2 Å². The molecule has 0 amide bonds. The smallest absolute Gasteiger partial charge is 0.258 e. The van der Waals surface area contributed by atoms with Gasteiger partial charge in [-0.1, -0.05) is 23.2 Å². The molecule has 0 radical (unpaired) electrons. The summed E-state index contributed by atoms with van der Waals surface area (Å²) in [5.41, 5.74) is 1.28. The van der Waals surface area contributed by atoms with Crippen molar-refractivity contribution < 1.29 is 9.85 Å². The normalized spacial score (nSPS) is 11.0. The van der Waals surface area contributed by atoms with Gasteiger partial charge < -0.3 is 0 Å². The number of nitro benzene ring substituents is 2. The summed E-state index contributed by atoms with van der Waals surface area (Å²) in [5, 5.41) is 29.6. The van der Waals surface area contributed by atoms with Crippen molar-refractivity contribution in [2.24, 2.45) is 10.2 Å². The lowest BCUT2D eigenvalue weighted by molar-refractivity contribution is -0.384. The molecule has 8 nitrogen and oxygen atoms in total. The van der Waals surface area contributed by atoms with E-state index in [1.54, 1.807) is 13.8 Å². The maximum atomic E-state index is 10.8. The van der Waals surface area contributed by atoms with Crippen LogP contribution in [0.4, 0.5) is 22.7 Å². The van der Waals surface area contributed by atoms with Crippen LogP contribution < -0.4 is 0 Å². The summed E-state index contributed by atoms with van der Waals surface area (Å²) in [6, 6.07) is 5.26. The minimum absolute atomic E-state index is 0.0574. The third kappa shape index (κ3) is 3.66. The van der Waals surface area contributed by atoms with Crippen LogP contribution in [0.15, 0.2) is 34.5 Å². The molecule has 0 aliphatic heterocycles. The van der Waals surface area contributed by atoms with Gasteiger partial charge in [0.1, 0.15) is 10.0 Å². The van der Waals surface area contributed by atoms with Gasteiger partial charge in [0, 0.05) is 12.1 Å². The van der Waals surface area contributed by atoms with Crippen LogP contribution in [0.5, 0.6) is 0 Å². The van der Waals surface area contributed by atoms with E-state index in [1.165, 1.54) is 24.3 Å². The van der Waals surface area contributed by atoms with E-state index in [9.17, 15) is 20.2 Å². The van der Waals surface area contributed by atoms with Crippen molar-refractivity contribution in [2.75, 3.05) is 0 Å². The van der Waals surface area contributed by atoms with E-state index >= 15 is 0 Å². The molecular weight excluding hydrogens is 359 g/mol. The SMILES string of the molecule is Cc1cc([N+](=O)[O-])c(Cl)cc1N=Nc1cc(Cl)c([N+](=O)[O-])cc1C. The number of hydrogen-bond donors (Lipinski definition) is 0. The summed E-state index contributed by atoms with van der Waals surface area (Å²) in [6.45, 7) is 3.26. The second-order valence-electron chi connectivity index (χ2n) is 4.89. The molecular formula is C14H10Cl2N4O4. The number of azo groups is 1. The highest BCUT2D eigenvalue weighted by molar-refractivity contribution is 6.33. The molecule has 2 aromatic carbocycles. The molecule has 0 saturated heterocycles. The van der Waals surface area contributed by atoms with Crippen LogP contribution >= 0.6 is 23.2 Å². The highest BCUT2D eigenvalue weighted by atomic mass is 35.5. The maximum absolute atomic E-state index is 10.8. The first kappa shape index (κ1) is 17.8. The Bertz CT molecular complexity index is 812. The van der Waals surface area contributed by atoms with Gasteiger partial charge in [-0.3, -0.25) is 20.2 Å². The van der Waals surface area contributed by atoms with Crippen molar-refractivity contribution in [1.82, 2.24) is 0 Å². The minimum atomic E-state index is -0.587. The zero-order valence-electron chi connectivity index (χ0n) is 12.5. The van der Waals surface area contributed by atoms with E-state index in [0.29, 0.717) is 22.5 Å². The topological polar surface area (TPSA) is 111 Å². The van der Waals surface area contributed by atoms with Crippen molar-refractivity contribution in [3.63, 3.8) is 0 Å². The van der Waals surface area contributed by atoms with Gasteiger partial charge >= 0.3 is 0 Å². The largest absolute Gasteiger partial charge is 0.288 e. The van der Waals surface area contributed by atoms with Gasteiger partial charge in [-0.15, -0.1) is 0 Å². The predicted octanol–water partition coefficient (Wildman–Crippen LogP) is 5.84. The van der Waals surface area contributed by atoms with Crippen LogP contribution in [-0.4, -0.2) is 9.85 Å². The predicted molar refractivity (Wildman–Crippen MR) is 89.9 cm³/mol. The van der Waals surface area contributed by atoms with Gasteiger partial charge in [-0.2, -0.15) is 10.2 Å². The fourth-order valence-electron chi connectivity index (χ4n) is 1.91. The Kier molecular flexibility index (Phi) is 5.10. The average molecular weight is 369 g/mol. The quantitative estimate of drug-likeness (QED) is 0.383. The van der Waals surface area contributed by atoms with Crippen molar-refractivity contribution in [2.45, 2.75) is 13.8 Å². The van der Waals surface area contributed by atoms with Crippen molar-refractivity contribution in [3.8, 4) is 0 Å². The van der Waals surface area contributed by atoms with Crippen LogP contribution in [0.3, 0.4) is 0 Å². The fraction of sp³-hybridized carbons (Fsp3) is 0.143. The number of benzene rings is 2. The lowest BCUT2D eigenvalue weighted by Crippen LogP contribution is -1.90. The first-order valence-corrected chi connectivity index (χ1v) is 7.27. The molecule has 0 fully saturated rings. The Balaban J connectivity index is 2.42. The third-order valence-corrected chi connectivity index (χ3v) is 3.80. The summed E-state index contributed by atoms with van der Waals surface area (Å²) in [6.07, 6.45) is 0. The third-order valence-electron chi connectivity index (χ3n) is 3.19. The molecule has 24 heavy (non-hydrogen) atoms. The highest BCUT2D eigenvalue weighted by Crippen LogP contribution is 2.35. The number of aryl methyl sites for hydroxylation is 2. The Labute approximate surface area is 146 Å². The second kappa shape index (κ2) is 6.90. The summed E-state index contributed by atoms with van der Waals surface area (Å²) < 4.78 is 0. The van der Waals surface area contributed by atoms with E-state index in [4.69, 9.17) is 23.2 Å². The molecule has 0 spiro atoms. The van der Waals surface area contributed by atoms with Crippen LogP contribution in [-0.2, 0) is 0 Å². The second-order valence-corrected chi connectivity index (χ2v) is 5.71. The minimum Gasteiger partial charge on any atom is -0.258 e. The van der Waals surface area contributed by atoms with E-state index < -0.39 is 9.85 Å². The molecule has 2 aromatic rings. The van der Waals surface area contributed by atoms with E-state index in [2.05, 4.69) is 10.2 Å². The lowest BCUT2D eigenvalue weighted by Gasteiger charge is -2.03. The first-order valence-electron chi connectivity index (χ1n) is 6.51. The number of nitrogens with zero attached hydrogens (tertiary/aromatic N) is 4. The zero-order valence-corrected chi connectivity index (χ0v) is 14.0.